The van der Waals surface area contributed by atoms with Crippen LogP contribution >= 0.6 is 11.3 Å². The molecule has 30 heavy (non-hydrogen) atoms. The number of hydrogen-bond acceptors (Lipinski definition) is 6. The number of aromatic nitrogens is 3. The van der Waals surface area contributed by atoms with Crippen LogP contribution in [0.3, 0.4) is 0 Å². The van der Waals surface area contributed by atoms with E-state index in [9.17, 15) is 9.59 Å². The van der Waals surface area contributed by atoms with Gasteiger partial charge in [0.15, 0.2) is 10.9 Å². The van der Waals surface area contributed by atoms with E-state index in [0.29, 0.717) is 17.5 Å². The van der Waals surface area contributed by atoms with Gasteiger partial charge >= 0.3 is 0 Å². The fourth-order valence-corrected chi connectivity index (χ4v) is 4.56. The smallest absolute Gasteiger partial charge is 0.294 e. The third-order valence-corrected chi connectivity index (χ3v) is 6.08. The van der Waals surface area contributed by atoms with Crippen molar-refractivity contribution in [3.8, 4) is 0 Å². The Balaban J connectivity index is 1.54. The quantitative estimate of drug-likeness (QED) is 0.673. The van der Waals surface area contributed by atoms with Crippen LogP contribution in [0.1, 0.15) is 45.7 Å². The third kappa shape index (κ3) is 4.23. The summed E-state index contributed by atoms with van der Waals surface area (Å²) in [4.78, 5) is 36.9. The van der Waals surface area contributed by atoms with E-state index >= 15 is 0 Å². The molecule has 0 unspecified atom stereocenters. The first-order chi connectivity index (χ1) is 14.3. The van der Waals surface area contributed by atoms with E-state index in [1.165, 1.54) is 11.3 Å². The van der Waals surface area contributed by atoms with Crippen molar-refractivity contribution in [2.24, 2.45) is 0 Å². The number of thiazole rings is 1. The largest absolute Gasteiger partial charge is 0.352 e. The van der Waals surface area contributed by atoms with Crippen molar-refractivity contribution >= 4 is 39.2 Å². The normalized spacial score (nSPS) is 14.4. The summed E-state index contributed by atoms with van der Waals surface area (Å²) < 4.78 is 1.68. The van der Waals surface area contributed by atoms with Gasteiger partial charge in [-0.25, -0.2) is 9.97 Å². The minimum Gasteiger partial charge on any atom is -0.352 e. The Kier molecular flexibility index (Phi) is 5.60. The van der Waals surface area contributed by atoms with Gasteiger partial charge in [-0.15, -0.1) is 11.3 Å². The number of anilines is 2. The number of hydrogen-bond donors (Lipinski definition) is 1. The van der Waals surface area contributed by atoms with Gasteiger partial charge in [0.1, 0.15) is 0 Å². The minimum absolute atomic E-state index is 0.0608. The minimum atomic E-state index is -0.152. The lowest BCUT2D eigenvalue weighted by Crippen LogP contribution is -2.32. The topological polar surface area (TPSA) is 80.1 Å². The number of nitrogens with one attached hydrogen (secondary N) is 1. The maximum Gasteiger partial charge on any atom is 0.294 e. The van der Waals surface area contributed by atoms with E-state index in [-0.39, 0.29) is 23.3 Å². The molecule has 8 heteroatoms. The van der Waals surface area contributed by atoms with Crippen LogP contribution in [0.5, 0.6) is 0 Å². The second-order valence-electron chi connectivity index (χ2n) is 8.66. The Hall–Kier alpha value is -2.74. The van der Waals surface area contributed by atoms with E-state index in [2.05, 4.69) is 41.0 Å². The molecule has 1 saturated heterocycles. The summed E-state index contributed by atoms with van der Waals surface area (Å²) in [6.07, 6.45) is 2.33. The maximum atomic E-state index is 13.2. The molecule has 4 rings (SSSR count). The molecular formula is C22H27N5O2S. The second kappa shape index (κ2) is 8.18. The molecule has 2 aromatic heterocycles. The second-order valence-corrected chi connectivity index (χ2v) is 9.52. The van der Waals surface area contributed by atoms with Crippen LogP contribution in [0.2, 0.25) is 0 Å². The van der Waals surface area contributed by atoms with E-state index < -0.39 is 0 Å². The van der Waals surface area contributed by atoms with Gasteiger partial charge in [-0.2, -0.15) is 0 Å². The van der Waals surface area contributed by atoms with Gasteiger partial charge in [-0.05, 0) is 25.0 Å². The first-order valence-electron chi connectivity index (χ1n) is 10.3. The number of fused-ring (bicyclic) bond motifs is 1. The lowest BCUT2D eigenvalue weighted by atomic mass is 9.93. The molecule has 0 atom stereocenters. The molecule has 1 aliphatic heterocycles. The van der Waals surface area contributed by atoms with Gasteiger partial charge in [0.2, 0.25) is 5.91 Å². The molecule has 7 nitrogen and oxygen atoms in total. The molecule has 1 aliphatic rings. The van der Waals surface area contributed by atoms with Gasteiger partial charge in [-0.1, -0.05) is 32.9 Å². The summed E-state index contributed by atoms with van der Waals surface area (Å²) in [5, 5.41) is 5.43. The molecule has 3 aromatic rings. The number of aryl methyl sites for hydroxylation is 1. The molecular weight excluding hydrogens is 398 g/mol. The first kappa shape index (κ1) is 20.5. The number of amides is 1. The molecule has 3 heterocycles. The predicted molar refractivity (Wildman–Crippen MR) is 122 cm³/mol. The van der Waals surface area contributed by atoms with Crippen molar-refractivity contribution in [1.29, 1.82) is 0 Å². The summed E-state index contributed by atoms with van der Waals surface area (Å²) >= 11 is 1.42. The van der Waals surface area contributed by atoms with E-state index in [0.717, 1.165) is 42.7 Å². The average molecular weight is 426 g/mol. The van der Waals surface area contributed by atoms with Crippen LogP contribution in [0, 0.1) is 0 Å². The molecule has 0 saturated carbocycles. The Bertz CT molecular complexity index is 1120. The van der Waals surface area contributed by atoms with Gasteiger partial charge in [0, 0.05) is 36.9 Å². The Morgan fingerprint density at radius 2 is 1.90 bits per heavy atom. The summed E-state index contributed by atoms with van der Waals surface area (Å²) in [5.41, 5.74) is 2.29. The Labute approximate surface area is 179 Å². The maximum absolute atomic E-state index is 13.2. The molecule has 0 radical (unpaired) electrons. The van der Waals surface area contributed by atoms with Crippen LogP contribution < -0.4 is 15.8 Å². The first-order valence-corrected chi connectivity index (χ1v) is 11.2. The number of para-hydroxylation sites is 2. The lowest BCUT2D eigenvalue weighted by Gasteiger charge is -2.18. The van der Waals surface area contributed by atoms with E-state index in [1.807, 2.05) is 29.6 Å². The number of nitrogens with zero attached hydrogens (tertiary/aromatic N) is 4. The third-order valence-electron chi connectivity index (χ3n) is 5.32. The Morgan fingerprint density at radius 3 is 2.60 bits per heavy atom. The summed E-state index contributed by atoms with van der Waals surface area (Å²) in [5.74, 6) is 0.335. The van der Waals surface area contributed by atoms with Crippen LogP contribution in [0.25, 0.3) is 11.0 Å². The number of rotatable bonds is 5. The molecule has 1 fully saturated rings. The Morgan fingerprint density at radius 1 is 1.17 bits per heavy atom. The standard InChI is InChI=1S/C22H27N5O2S/c1-22(2,3)17-14-30-21(24-17)25-18(28)10-13-27-16-9-5-4-8-15(16)23-19(20(27)29)26-11-6-7-12-26/h4-5,8-9,14H,6-7,10-13H2,1-3H3,(H,24,25,28). The van der Waals surface area contributed by atoms with Crippen LogP contribution in [0.15, 0.2) is 34.4 Å². The van der Waals surface area contributed by atoms with Crippen LogP contribution in [-0.2, 0) is 16.8 Å². The molecule has 1 N–H and O–H groups in total. The molecule has 1 aromatic carbocycles. The molecule has 0 spiro atoms. The zero-order chi connectivity index (χ0) is 21.3. The summed E-state index contributed by atoms with van der Waals surface area (Å²) in [6.45, 7) is 8.26. The highest BCUT2D eigenvalue weighted by Gasteiger charge is 2.21. The van der Waals surface area contributed by atoms with E-state index in [4.69, 9.17) is 0 Å². The predicted octanol–water partition coefficient (Wildman–Crippen LogP) is 3.78. The monoisotopic (exact) mass is 425 g/mol. The van der Waals surface area contributed by atoms with Crippen LogP contribution in [0.4, 0.5) is 10.9 Å². The fraction of sp³-hybridized carbons (Fsp3) is 0.455. The van der Waals surface area contributed by atoms with Crippen molar-refractivity contribution in [3.63, 3.8) is 0 Å². The zero-order valence-corrected chi connectivity index (χ0v) is 18.5. The van der Waals surface area contributed by atoms with Crippen molar-refractivity contribution in [3.05, 3.63) is 45.7 Å². The zero-order valence-electron chi connectivity index (χ0n) is 17.6. The van der Waals surface area contributed by atoms with Gasteiger partial charge < -0.3 is 14.8 Å². The highest BCUT2D eigenvalue weighted by molar-refractivity contribution is 7.13. The number of carbonyl (C=O) groups excluding carboxylic acids is 1. The molecule has 0 aliphatic carbocycles. The summed E-state index contributed by atoms with van der Waals surface area (Å²) in [6, 6.07) is 7.60. The highest BCUT2D eigenvalue weighted by Crippen LogP contribution is 2.26. The number of carbonyl (C=O) groups is 1. The van der Waals surface area contributed by atoms with Gasteiger partial charge in [0.05, 0.1) is 16.7 Å². The molecule has 1 amide bonds. The lowest BCUT2D eigenvalue weighted by molar-refractivity contribution is -0.116. The van der Waals surface area contributed by atoms with Crippen molar-refractivity contribution in [2.75, 3.05) is 23.3 Å². The van der Waals surface area contributed by atoms with E-state index in [1.54, 1.807) is 4.57 Å². The van der Waals surface area contributed by atoms with Crippen molar-refractivity contribution in [2.45, 2.75) is 52.0 Å². The summed E-state index contributed by atoms with van der Waals surface area (Å²) in [7, 11) is 0. The van der Waals surface area contributed by atoms with Crippen molar-refractivity contribution < 1.29 is 4.79 Å². The fourth-order valence-electron chi connectivity index (χ4n) is 3.61. The average Bonchev–Trinajstić information content (AvgIpc) is 3.38. The highest BCUT2D eigenvalue weighted by atomic mass is 32.1. The molecule has 158 valence electrons. The van der Waals surface area contributed by atoms with Crippen LogP contribution in [-0.4, -0.2) is 33.5 Å². The van der Waals surface area contributed by atoms with Crippen molar-refractivity contribution in [1.82, 2.24) is 14.5 Å². The number of benzene rings is 1. The SMILES string of the molecule is CC(C)(C)c1csc(NC(=O)CCn2c(=O)c(N3CCCC3)nc3ccccc32)n1. The van der Waals surface area contributed by atoms with Gasteiger partial charge in [-0.3, -0.25) is 9.59 Å². The molecule has 0 bridgehead atoms. The van der Waals surface area contributed by atoms with Gasteiger partial charge in [0.25, 0.3) is 5.56 Å².